The minimum atomic E-state index is -0.260. The maximum Gasteiger partial charge on any atom is 0.124 e. The Hall–Kier alpha value is -1.37. The summed E-state index contributed by atoms with van der Waals surface area (Å²) in [6, 6.07) is 4.90. The molecule has 0 bridgehead atoms. The Kier molecular flexibility index (Phi) is 5.58. The monoisotopic (exact) mass is 275 g/mol. The molecule has 1 aromatic carbocycles. The lowest BCUT2D eigenvalue weighted by molar-refractivity contribution is 0.178. The van der Waals surface area contributed by atoms with Crippen molar-refractivity contribution >= 4 is 0 Å². The molecule has 1 aliphatic carbocycles. The Bertz CT molecular complexity index is 499. The first-order chi connectivity index (χ1) is 9.71. The number of aliphatic hydroxyl groups is 1. The minimum absolute atomic E-state index is 0.200. The van der Waals surface area contributed by atoms with Crippen molar-refractivity contribution in [3.05, 3.63) is 35.1 Å². The van der Waals surface area contributed by atoms with E-state index in [1.807, 2.05) is 6.07 Å². The van der Waals surface area contributed by atoms with Gasteiger partial charge in [-0.1, -0.05) is 25.2 Å². The first-order valence-electron chi connectivity index (χ1n) is 7.32. The number of hydrogen-bond donors (Lipinski definition) is 1. The van der Waals surface area contributed by atoms with Crippen LogP contribution in [-0.2, 0) is 6.54 Å². The molecule has 1 saturated carbocycles. The molecular formula is C17H22FNO. The van der Waals surface area contributed by atoms with E-state index < -0.39 is 0 Å². The molecule has 0 radical (unpaired) electrons. The third-order valence-corrected chi connectivity index (χ3v) is 3.86. The number of benzene rings is 1. The van der Waals surface area contributed by atoms with E-state index in [0.29, 0.717) is 5.56 Å². The van der Waals surface area contributed by atoms with Gasteiger partial charge < -0.3 is 5.11 Å². The molecule has 0 spiro atoms. The predicted octanol–water partition coefficient (Wildman–Crippen LogP) is 2.79. The maximum absolute atomic E-state index is 13.6. The van der Waals surface area contributed by atoms with Crippen molar-refractivity contribution in [3.8, 4) is 11.8 Å². The lowest BCUT2D eigenvalue weighted by atomic mass is 9.85. The van der Waals surface area contributed by atoms with Crippen LogP contribution in [0.1, 0.15) is 37.3 Å². The first-order valence-corrected chi connectivity index (χ1v) is 7.32. The van der Waals surface area contributed by atoms with Crippen molar-refractivity contribution in [1.82, 2.24) is 4.90 Å². The number of nitrogens with zero attached hydrogens (tertiary/aromatic N) is 1. The quantitative estimate of drug-likeness (QED) is 0.835. The molecule has 0 unspecified atom stereocenters. The van der Waals surface area contributed by atoms with Crippen molar-refractivity contribution in [3.63, 3.8) is 0 Å². The molecule has 0 atom stereocenters. The van der Waals surface area contributed by atoms with E-state index in [0.717, 1.165) is 31.1 Å². The Morgan fingerprint density at radius 2 is 2.15 bits per heavy atom. The number of hydrogen-bond acceptors (Lipinski definition) is 2. The van der Waals surface area contributed by atoms with Gasteiger partial charge in [0, 0.05) is 18.7 Å². The van der Waals surface area contributed by atoms with Crippen LogP contribution in [0.25, 0.3) is 0 Å². The molecule has 3 heteroatoms. The van der Waals surface area contributed by atoms with Crippen LogP contribution in [0.4, 0.5) is 4.39 Å². The van der Waals surface area contributed by atoms with Crippen LogP contribution in [0.15, 0.2) is 18.2 Å². The standard InChI is InChI=1S/C17H22FNO/c1-2-19(12-14-5-3-6-14)13-16-9-15(7-4-8-20)10-17(18)11-16/h9-11,14,20H,2-3,5-6,8,12-13H2,1H3. The van der Waals surface area contributed by atoms with Crippen LogP contribution in [0.2, 0.25) is 0 Å². The molecule has 2 nitrogen and oxygen atoms in total. The average Bonchev–Trinajstić information content (AvgIpc) is 2.38. The van der Waals surface area contributed by atoms with Gasteiger partial charge in [-0.05, 0) is 49.1 Å². The highest BCUT2D eigenvalue weighted by atomic mass is 19.1. The second-order valence-corrected chi connectivity index (χ2v) is 5.43. The van der Waals surface area contributed by atoms with Gasteiger partial charge in [0.05, 0.1) is 0 Å². The second kappa shape index (κ2) is 7.42. The Morgan fingerprint density at radius 3 is 2.75 bits per heavy atom. The fourth-order valence-corrected chi connectivity index (χ4v) is 2.56. The molecule has 2 rings (SSSR count). The molecule has 0 aliphatic heterocycles. The van der Waals surface area contributed by atoms with Crippen molar-refractivity contribution in [2.75, 3.05) is 19.7 Å². The molecule has 0 saturated heterocycles. The normalized spacial score (nSPS) is 14.8. The van der Waals surface area contributed by atoms with Crippen molar-refractivity contribution in [2.45, 2.75) is 32.7 Å². The predicted molar refractivity (Wildman–Crippen MR) is 78.7 cm³/mol. The highest BCUT2D eigenvalue weighted by molar-refractivity contribution is 5.37. The molecule has 0 heterocycles. The minimum Gasteiger partial charge on any atom is -0.384 e. The lowest BCUT2D eigenvalue weighted by Gasteiger charge is -2.31. The summed E-state index contributed by atoms with van der Waals surface area (Å²) in [4.78, 5) is 2.36. The van der Waals surface area contributed by atoms with E-state index in [9.17, 15) is 4.39 Å². The van der Waals surface area contributed by atoms with Crippen LogP contribution in [0.5, 0.6) is 0 Å². The van der Waals surface area contributed by atoms with Gasteiger partial charge in [0.2, 0.25) is 0 Å². The summed E-state index contributed by atoms with van der Waals surface area (Å²) in [6.07, 6.45) is 4.00. The zero-order chi connectivity index (χ0) is 14.4. The van der Waals surface area contributed by atoms with Crippen molar-refractivity contribution < 1.29 is 9.50 Å². The fraction of sp³-hybridized carbons (Fsp3) is 0.529. The SMILES string of the molecule is CCN(Cc1cc(F)cc(C#CCO)c1)CC1CCC1. The molecular weight excluding hydrogens is 253 g/mol. The van der Waals surface area contributed by atoms with Crippen molar-refractivity contribution in [1.29, 1.82) is 0 Å². The third-order valence-electron chi connectivity index (χ3n) is 3.86. The topological polar surface area (TPSA) is 23.5 Å². The van der Waals surface area contributed by atoms with E-state index in [1.165, 1.54) is 25.3 Å². The van der Waals surface area contributed by atoms with Crippen LogP contribution >= 0.6 is 0 Å². The smallest absolute Gasteiger partial charge is 0.124 e. The van der Waals surface area contributed by atoms with E-state index >= 15 is 0 Å². The third kappa shape index (κ3) is 4.33. The second-order valence-electron chi connectivity index (χ2n) is 5.43. The molecule has 1 fully saturated rings. The van der Waals surface area contributed by atoms with Crippen LogP contribution < -0.4 is 0 Å². The molecule has 0 amide bonds. The van der Waals surface area contributed by atoms with E-state index in [-0.39, 0.29) is 12.4 Å². The summed E-state index contributed by atoms with van der Waals surface area (Å²) in [6.45, 7) is 4.78. The van der Waals surface area contributed by atoms with Gasteiger partial charge in [-0.2, -0.15) is 0 Å². The summed E-state index contributed by atoms with van der Waals surface area (Å²) in [5.74, 6) is 5.89. The highest BCUT2D eigenvalue weighted by Crippen LogP contribution is 2.27. The number of aliphatic hydroxyl groups excluding tert-OH is 1. The van der Waals surface area contributed by atoms with Gasteiger partial charge in [-0.15, -0.1) is 0 Å². The Balaban J connectivity index is 2.04. The van der Waals surface area contributed by atoms with Gasteiger partial charge in [-0.25, -0.2) is 4.39 Å². The summed E-state index contributed by atoms with van der Waals surface area (Å²) in [5, 5.41) is 8.71. The van der Waals surface area contributed by atoms with Crippen LogP contribution in [0.3, 0.4) is 0 Å². The molecule has 0 aromatic heterocycles. The maximum atomic E-state index is 13.6. The number of halogens is 1. The fourth-order valence-electron chi connectivity index (χ4n) is 2.56. The molecule has 20 heavy (non-hydrogen) atoms. The zero-order valence-electron chi connectivity index (χ0n) is 12.0. The molecule has 108 valence electrons. The number of rotatable bonds is 5. The zero-order valence-corrected chi connectivity index (χ0v) is 12.0. The lowest BCUT2D eigenvalue weighted by Crippen LogP contribution is -2.32. The van der Waals surface area contributed by atoms with Gasteiger partial charge in [0.15, 0.2) is 0 Å². The van der Waals surface area contributed by atoms with E-state index in [1.54, 1.807) is 6.07 Å². The summed E-state index contributed by atoms with van der Waals surface area (Å²) >= 11 is 0. The molecule has 1 N–H and O–H groups in total. The van der Waals surface area contributed by atoms with Crippen LogP contribution in [-0.4, -0.2) is 29.7 Å². The summed E-state index contributed by atoms with van der Waals surface area (Å²) < 4.78 is 13.6. The Morgan fingerprint density at radius 1 is 1.35 bits per heavy atom. The van der Waals surface area contributed by atoms with Gasteiger partial charge >= 0.3 is 0 Å². The average molecular weight is 275 g/mol. The molecule has 1 aliphatic rings. The largest absolute Gasteiger partial charge is 0.384 e. The van der Waals surface area contributed by atoms with E-state index in [2.05, 4.69) is 23.7 Å². The van der Waals surface area contributed by atoms with Gasteiger partial charge in [0.1, 0.15) is 12.4 Å². The highest BCUT2D eigenvalue weighted by Gasteiger charge is 2.20. The summed E-state index contributed by atoms with van der Waals surface area (Å²) in [5.41, 5.74) is 1.59. The van der Waals surface area contributed by atoms with E-state index in [4.69, 9.17) is 5.11 Å². The summed E-state index contributed by atoms with van der Waals surface area (Å²) in [7, 11) is 0. The van der Waals surface area contributed by atoms with Gasteiger partial charge in [-0.3, -0.25) is 4.90 Å². The Labute approximate surface area is 120 Å². The first kappa shape index (κ1) is 15.0. The van der Waals surface area contributed by atoms with Crippen LogP contribution in [0, 0.1) is 23.6 Å². The van der Waals surface area contributed by atoms with Crippen molar-refractivity contribution in [2.24, 2.45) is 5.92 Å². The van der Waals surface area contributed by atoms with Gasteiger partial charge in [0.25, 0.3) is 0 Å². The molecule has 1 aromatic rings.